The summed E-state index contributed by atoms with van der Waals surface area (Å²) in [7, 11) is 3.68. The van der Waals surface area contributed by atoms with Crippen LogP contribution in [0.25, 0.3) is 0 Å². The summed E-state index contributed by atoms with van der Waals surface area (Å²) in [5.41, 5.74) is -0.920. The van der Waals surface area contributed by atoms with Gasteiger partial charge in [-0.25, -0.2) is 19.2 Å². The van der Waals surface area contributed by atoms with Gasteiger partial charge in [0.1, 0.15) is 22.7 Å². The molecule has 0 fully saturated rings. The van der Waals surface area contributed by atoms with E-state index in [4.69, 9.17) is 18.3 Å². The number of carbonyl (C=O) groups excluding carboxylic acids is 2. The number of carbonyl (C=O) groups is 2. The predicted octanol–water partition coefficient (Wildman–Crippen LogP) is 3.66. The second-order valence-corrected chi connectivity index (χ2v) is 11.3. The van der Waals surface area contributed by atoms with Gasteiger partial charge >= 0.3 is 23.8 Å². The third-order valence-electron chi connectivity index (χ3n) is 4.41. The quantitative estimate of drug-likeness (QED) is 0.265. The summed E-state index contributed by atoms with van der Waals surface area (Å²) in [6, 6.07) is 0. The lowest BCUT2D eigenvalue weighted by atomic mass is 10.2. The van der Waals surface area contributed by atoms with Gasteiger partial charge in [-0.3, -0.25) is 4.90 Å². The van der Waals surface area contributed by atoms with Crippen molar-refractivity contribution in [2.24, 2.45) is 0 Å². The van der Waals surface area contributed by atoms with Crippen molar-refractivity contribution in [2.75, 3.05) is 40.3 Å². The molecule has 2 rings (SSSR count). The van der Waals surface area contributed by atoms with E-state index in [-0.39, 0.29) is 6.09 Å². The molecule has 2 aromatic heterocycles. The van der Waals surface area contributed by atoms with Gasteiger partial charge < -0.3 is 43.1 Å². The van der Waals surface area contributed by atoms with Crippen molar-refractivity contribution in [3.63, 3.8) is 0 Å². The maximum atomic E-state index is 11.4. The number of likely N-dealkylation sites (N-methyl/N-ethyl adjacent to an activating group) is 2. The minimum atomic E-state index is -0.697. The summed E-state index contributed by atoms with van der Waals surface area (Å²) in [5, 5.41) is 8.71. The monoisotopic (exact) mass is 652 g/mol. The molecule has 0 aliphatic rings. The van der Waals surface area contributed by atoms with Crippen molar-refractivity contribution >= 4 is 28.1 Å². The van der Waals surface area contributed by atoms with Crippen LogP contribution in [0.1, 0.15) is 64.6 Å². The summed E-state index contributed by atoms with van der Waals surface area (Å²) >= 11 is 3.13. The van der Waals surface area contributed by atoms with Crippen LogP contribution in [-0.2, 0) is 21.3 Å². The Hall–Kier alpha value is -3.04. The first-order chi connectivity index (χ1) is 18.9. The molecule has 0 aliphatic carbocycles. The van der Waals surface area contributed by atoms with Crippen molar-refractivity contribution in [1.29, 1.82) is 0 Å². The molecule has 0 bridgehead atoms. The van der Waals surface area contributed by atoms with Crippen molar-refractivity contribution in [2.45, 2.75) is 78.5 Å². The molecule has 0 aromatic carbocycles. The Morgan fingerprint density at radius 2 is 1.22 bits per heavy atom. The predicted molar refractivity (Wildman–Crippen MR) is 155 cm³/mol. The topological polar surface area (TPSA) is 179 Å². The first-order valence-corrected chi connectivity index (χ1v) is 14.0. The maximum Gasteiger partial charge on any atom is 0.519 e. The van der Waals surface area contributed by atoms with Crippen LogP contribution in [0.2, 0.25) is 0 Å². The molecular formula is C26H45BrN4O10. The van der Waals surface area contributed by atoms with Crippen LogP contribution in [0.15, 0.2) is 27.3 Å². The van der Waals surface area contributed by atoms with Gasteiger partial charge in [-0.2, -0.15) is 0 Å². The first-order valence-electron chi connectivity index (χ1n) is 12.9. The lowest BCUT2D eigenvalue weighted by molar-refractivity contribution is 0.0514. The highest BCUT2D eigenvalue weighted by Gasteiger charge is 2.17. The maximum absolute atomic E-state index is 11.4. The van der Waals surface area contributed by atoms with E-state index in [1.54, 1.807) is 13.8 Å². The fourth-order valence-electron chi connectivity index (χ4n) is 2.61. The van der Waals surface area contributed by atoms with E-state index >= 15 is 0 Å². The number of hydrogen-bond donors (Lipinski definition) is 3. The van der Waals surface area contributed by atoms with Gasteiger partial charge in [0.25, 0.3) is 0 Å². The first kappa shape index (κ1) is 38.0. The summed E-state index contributed by atoms with van der Waals surface area (Å²) in [4.78, 5) is 45.5. The van der Waals surface area contributed by atoms with E-state index < -0.39 is 28.9 Å². The Morgan fingerprint density at radius 3 is 1.56 bits per heavy atom. The molecular weight excluding hydrogens is 608 g/mol. The largest absolute Gasteiger partial charge is 0.519 e. The molecule has 14 nitrogen and oxygen atoms in total. The molecule has 0 unspecified atom stereocenters. The van der Waals surface area contributed by atoms with Crippen LogP contribution in [-0.4, -0.2) is 68.6 Å². The Labute approximate surface area is 248 Å². The van der Waals surface area contributed by atoms with Crippen molar-refractivity contribution in [1.82, 2.24) is 20.9 Å². The zero-order valence-corrected chi connectivity index (χ0v) is 27.2. The number of rotatable bonds is 9. The lowest BCUT2D eigenvalue weighted by Crippen LogP contribution is -2.36. The van der Waals surface area contributed by atoms with Gasteiger partial charge in [0.2, 0.25) is 0 Å². The number of alkyl halides is 1. The molecule has 236 valence electrons. The van der Waals surface area contributed by atoms with E-state index in [1.165, 1.54) is 0 Å². The number of ether oxygens (including phenoxy) is 2. The minimum absolute atomic E-state index is 0.363. The van der Waals surface area contributed by atoms with Gasteiger partial charge in [0, 0.05) is 26.2 Å². The highest BCUT2D eigenvalue weighted by Crippen LogP contribution is 2.09. The fourth-order valence-corrected chi connectivity index (χ4v) is 3.12. The van der Waals surface area contributed by atoms with Crippen molar-refractivity contribution in [3.8, 4) is 0 Å². The molecule has 2 amide bonds. The van der Waals surface area contributed by atoms with Crippen LogP contribution in [0, 0.1) is 13.8 Å². The molecule has 0 atom stereocenters. The van der Waals surface area contributed by atoms with Gasteiger partial charge in [-0.05, 0) is 69.5 Å². The van der Waals surface area contributed by atoms with Crippen LogP contribution < -0.4 is 27.6 Å². The fraction of sp³-hybridized carbons (Fsp3) is 0.692. The molecule has 2 aromatic rings. The van der Waals surface area contributed by atoms with Crippen LogP contribution >= 0.6 is 15.9 Å². The molecule has 3 N–H and O–H groups in total. The number of nitrogens with one attached hydrogen (secondary N) is 3. The Kier molecular flexibility index (Phi) is 17.0. The Bertz CT molecular complexity index is 1150. The Morgan fingerprint density at radius 1 is 0.780 bits per heavy atom. The smallest absolute Gasteiger partial charge is 0.444 e. The molecule has 41 heavy (non-hydrogen) atoms. The summed E-state index contributed by atoms with van der Waals surface area (Å²) in [5.74, 6) is 0.730. The van der Waals surface area contributed by atoms with Crippen molar-refractivity contribution < 1.29 is 36.7 Å². The summed E-state index contributed by atoms with van der Waals surface area (Å²) in [6.07, 6.45) is -0.810. The number of aryl methyl sites for hydroxylation is 2. The summed E-state index contributed by atoms with van der Waals surface area (Å²) < 4.78 is 28.9. The average Bonchev–Trinajstić information content (AvgIpc) is 3.30. The minimum Gasteiger partial charge on any atom is -0.444 e. The number of amides is 2. The van der Waals surface area contributed by atoms with E-state index in [0.717, 1.165) is 6.54 Å². The highest BCUT2D eigenvalue weighted by atomic mass is 79.9. The van der Waals surface area contributed by atoms with Crippen LogP contribution in [0.4, 0.5) is 9.59 Å². The van der Waals surface area contributed by atoms with Crippen molar-refractivity contribution in [3.05, 3.63) is 44.3 Å². The zero-order chi connectivity index (χ0) is 31.8. The second kappa shape index (κ2) is 18.4. The van der Waals surface area contributed by atoms with E-state index in [2.05, 4.69) is 40.7 Å². The molecule has 0 saturated carbocycles. The van der Waals surface area contributed by atoms with E-state index in [9.17, 15) is 19.2 Å². The third kappa shape index (κ3) is 19.6. The normalized spacial score (nSPS) is 11.1. The van der Waals surface area contributed by atoms with Gasteiger partial charge in [-0.15, -0.1) is 0 Å². The average molecular weight is 654 g/mol. The molecule has 15 heteroatoms. The highest BCUT2D eigenvalue weighted by molar-refractivity contribution is 9.08. The van der Waals surface area contributed by atoms with Crippen LogP contribution in [0.5, 0.6) is 0 Å². The number of halogens is 1. The second-order valence-electron chi connectivity index (χ2n) is 10.7. The molecule has 0 saturated heterocycles. The molecule has 2 heterocycles. The Balaban J connectivity index is 0.000000645. The van der Waals surface area contributed by atoms with Gasteiger partial charge in [0.05, 0.1) is 11.9 Å². The number of alkyl carbamates (subject to hydrolysis) is 2. The molecule has 0 spiro atoms. The van der Waals surface area contributed by atoms with Gasteiger partial charge in [-0.1, -0.05) is 15.9 Å². The van der Waals surface area contributed by atoms with E-state index in [0.29, 0.717) is 54.6 Å². The van der Waals surface area contributed by atoms with Gasteiger partial charge in [0.15, 0.2) is 11.5 Å². The number of hydrogen-bond acceptors (Lipinski definition) is 12. The molecule has 0 aliphatic heterocycles. The summed E-state index contributed by atoms with van der Waals surface area (Å²) in [6.45, 7) is 17.1. The standard InChI is InChI=1S/C13H22N2O5.C8H18N2O2.C5H5BrO3/c1-9-10(19-12(17)18-9)8-15(5)7-6-14-11(16)20-13(2,3)4;1-8(2,3)12-7(11)10-6-5-9-4;1-3-4(2-6)9-5(7)8-3/h6-8H2,1-5H3,(H,14,16);9H,5-6H2,1-4H3,(H,10,11);2H2,1H3. The lowest BCUT2D eigenvalue weighted by Gasteiger charge is -2.20. The van der Waals surface area contributed by atoms with Crippen LogP contribution in [0.3, 0.4) is 0 Å². The third-order valence-corrected chi connectivity index (χ3v) is 4.92. The zero-order valence-electron chi connectivity index (χ0n) is 25.7. The SMILES string of the molecule is CNCCNC(=O)OC(C)(C)C.Cc1oc(=O)oc1CBr.Cc1oc(=O)oc1CN(C)CCNC(=O)OC(C)(C)C. The molecule has 0 radical (unpaired) electrons. The number of nitrogens with zero attached hydrogens (tertiary/aromatic N) is 1. The van der Waals surface area contributed by atoms with E-state index in [1.807, 2.05) is 60.5 Å².